The Kier molecular flexibility index (Phi) is 5.35. The molecule has 18 heavy (non-hydrogen) atoms. The number of carbonyl (C=O) groups excluding carboxylic acids is 1. The summed E-state index contributed by atoms with van der Waals surface area (Å²) in [7, 11) is 1.62. The van der Waals surface area contributed by atoms with Crippen molar-refractivity contribution in [1.29, 1.82) is 0 Å². The first-order chi connectivity index (χ1) is 8.40. The van der Waals surface area contributed by atoms with Gasteiger partial charge in [0.1, 0.15) is 5.75 Å². The van der Waals surface area contributed by atoms with Gasteiger partial charge in [-0.25, -0.2) is 0 Å². The van der Waals surface area contributed by atoms with Crippen LogP contribution in [-0.2, 0) is 11.2 Å². The van der Waals surface area contributed by atoms with Gasteiger partial charge in [-0.3, -0.25) is 4.79 Å². The summed E-state index contributed by atoms with van der Waals surface area (Å²) in [6.45, 7) is 6.61. The molecule has 1 aromatic rings. The fourth-order valence-corrected chi connectivity index (χ4v) is 2.35. The average Bonchev–Trinajstić information content (AvgIpc) is 2.29. The first-order valence-electron chi connectivity index (χ1n) is 6.01. The van der Waals surface area contributed by atoms with E-state index < -0.39 is 5.54 Å². The molecule has 0 saturated heterocycles. The first-order valence-corrected chi connectivity index (χ1v) is 6.80. The number of nitrogens with one attached hydrogen (secondary N) is 1. The van der Waals surface area contributed by atoms with Crippen LogP contribution in [0.25, 0.3) is 0 Å². The summed E-state index contributed by atoms with van der Waals surface area (Å²) in [5.74, 6) is 0.957. The van der Waals surface area contributed by atoms with Crippen LogP contribution in [0.4, 0.5) is 0 Å². The highest BCUT2D eigenvalue weighted by Crippen LogP contribution is 2.26. The smallest absolute Gasteiger partial charge is 0.156 e. The zero-order chi connectivity index (χ0) is 13.8. The number of benzene rings is 1. The number of hydrogen-bond acceptors (Lipinski definition) is 3. The van der Waals surface area contributed by atoms with E-state index in [-0.39, 0.29) is 5.78 Å². The lowest BCUT2D eigenvalue weighted by atomic mass is 9.93. The third-order valence-corrected chi connectivity index (χ3v) is 3.52. The van der Waals surface area contributed by atoms with Crippen LogP contribution >= 0.6 is 15.9 Å². The Morgan fingerprint density at radius 2 is 2.11 bits per heavy atom. The Hall–Kier alpha value is -0.870. The molecule has 0 aliphatic rings. The largest absolute Gasteiger partial charge is 0.496 e. The Morgan fingerprint density at radius 3 is 2.61 bits per heavy atom. The zero-order valence-electron chi connectivity index (χ0n) is 11.3. The molecule has 0 unspecified atom stereocenters. The molecule has 1 aromatic carbocycles. The summed E-state index contributed by atoms with van der Waals surface area (Å²) in [6.07, 6.45) is 0.419. The Bertz CT molecular complexity index is 430. The average molecular weight is 314 g/mol. The van der Waals surface area contributed by atoms with Crippen molar-refractivity contribution in [1.82, 2.24) is 5.32 Å². The van der Waals surface area contributed by atoms with E-state index in [0.29, 0.717) is 6.42 Å². The summed E-state index contributed by atoms with van der Waals surface area (Å²) in [5, 5.41) is 3.19. The number of hydrogen-bond donors (Lipinski definition) is 1. The predicted molar refractivity (Wildman–Crippen MR) is 77.2 cm³/mol. The maximum absolute atomic E-state index is 12.2. The van der Waals surface area contributed by atoms with Gasteiger partial charge in [0.2, 0.25) is 0 Å². The molecule has 1 rings (SSSR count). The quantitative estimate of drug-likeness (QED) is 0.877. The summed E-state index contributed by atoms with van der Waals surface area (Å²) < 4.78 is 6.04. The molecule has 1 N–H and O–H groups in total. The van der Waals surface area contributed by atoms with Crippen LogP contribution in [0.1, 0.15) is 26.3 Å². The number of likely N-dealkylation sites (N-methyl/N-ethyl adjacent to an activating group) is 1. The number of halogens is 1. The Labute approximate surface area is 117 Å². The number of ether oxygens (including phenoxy) is 1. The van der Waals surface area contributed by atoms with Gasteiger partial charge in [0.05, 0.1) is 17.1 Å². The highest BCUT2D eigenvalue weighted by Gasteiger charge is 2.25. The second-order valence-corrected chi connectivity index (χ2v) is 5.58. The van der Waals surface area contributed by atoms with Gasteiger partial charge in [-0.2, -0.15) is 0 Å². The van der Waals surface area contributed by atoms with E-state index in [1.54, 1.807) is 7.11 Å². The molecule has 4 heteroatoms. The van der Waals surface area contributed by atoms with Crippen molar-refractivity contribution in [2.24, 2.45) is 0 Å². The van der Waals surface area contributed by atoms with Crippen molar-refractivity contribution in [3.63, 3.8) is 0 Å². The molecular formula is C14H20BrNO2. The van der Waals surface area contributed by atoms with Crippen LogP contribution in [0.15, 0.2) is 22.7 Å². The maximum atomic E-state index is 12.2. The van der Waals surface area contributed by atoms with E-state index in [9.17, 15) is 4.79 Å². The molecule has 0 atom stereocenters. The Balaban J connectivity index is 2.79. The molecule has 0 spiro atoms. The number of rotatable bonds is 6. The minimum atomic E-state index is -0.485. The molecule has 100 valence electrons. The fourth-order valence-electron chi connectivity index (χ4n) is 1.77. The molecule has 0 bridgehead atoms. The minimum absolute atomic E-state index is 0.182. The van der Waals surface area contributed by atoms with Crippen LogP contribution in [0.2, 0.25) is 0 Å². The van der Waals surface area contributed by atoms with E-state index in [1.807, 2.05) is 39.0 Å². The SMILES string of the molecule is CCNC(C)(C)C(=O)Cc1ccc(OC)c(Br)c1. The third-order valence-electron chi connectivity index (χ3n) is 2.90. The molecule has 3 nitrogen and oxygen atoms in total. The van der Waals surface area contributed by atoms with E-state index in [0.717, 1.165) is 22.3 Å². The van der Waals surface area contributed by atoms with Crippen LogP contribution in [0.3, 0.4) is 0 Å². The highest BCUT2D eigenvalue weighted by molar-refractivity contribution is 9.10. The molecule has 0 amide bonds. The van der Waals surface area contributed by atoms with Gasteiger partial charge in [0.25, 0.3) is 0 Å². The van der Waals surface area contributed by atoms with Crippen LogP contribution in [-0.4, -0.2) is 25.0 Å². The lowest BCUT2D eigenvalue weighted by molar-refractivity contribution is -0.123. The summed E-state index contributed by atoms with van der Waals surface area (Å²) >= 11 is 3.43. The number of ketones is 1. The molecule has 0 fully saturated rings. The van der Waals surface area contributed by atoms with Gasteiger partial charge in [0, 0.05) is 6.42 Å². The van der Waals surface area contributed by atoms with Crippen molar-refractivity contribution in [2.75, 3.05) is 13.7 Å². The van der Waals surface area contributed by atoms with Crippen molar-refractivity contribution < 1.29 is 9.53 Å². The molecule has 0 saturated carbocycles. The van der Waals surface area contributed by atoms with Gasteiger partial charge in [0.15, 0.2) is 5.78 Å². The van der Waals surface area contributed by atoms with Gasteiger partial charge in [-0.15, -0.1) is 0 Å². The lowest BCUT2D eigenvalue weighted by Gasteiger charge is -2.24. The van der Waals surface area contributed by atoms with Gasteiger partial charge in [-0.1, -0.05) is 13.0 Å². The minimum Gasteiger partial charge on any atom is -0.496 e. The number of methoxy groups -OCH3 is 1. The highest BCUT2D eigenvalue weighted by atomic mass is 79.9. The monoisotopic (exact) mass is 313 g/mol. The standard InChI is InChI=1S/C14H20BrNO2/c1-5-16-14(2,3)13(17)9-10-6-7-12(18-4)11(15)8-10/h6-8,16H,5,9H2,1-4H3. The van der Waals surface area contributed by atoms with Crippen molar-refractivity contribution >= 4 is 21.7 Å². The van der Waals surface area contributed by atoms with E-state index in [1.165, 1.54) is 0 Å². The summed E-state index contributed by atoms with van der Waals surface area (Å²) in [5.41, 5.74) is 0.500. The van der Waals surface area contributed by atoms with Crippen LogP contribution < -0.4 is 10.1 Å². The predicted octanol–water partition coefficient (Wildman–Crippen LogP) is 2.96. The maximum Gasteiger partial charge on any atom is 0.156 e. The fraction of sp³-hybridized carbons (Fsp3) is 0.500. The second-order valence-electron chi connectivity index (χ2n) is 4.72. The summed E-state index contributed by atoms with van der Waals surface area (Å²) in [6, 6.07) is 5.72. The Morgan fingerprint density at radius 1 is 1.44 bits per heavy atom. The second kappa shape index (κ2) is 6.34. The number of Topliss-reactive ketones (excluding diaryl/α,β-unsaturated/α-hetero) is 1. The lowest BCUT2D eigenvalue weighted by Crippen LogP contribution is -2.47. The van der Waals surface area contributed by atoms with E-state index in [2.05, 4.69) is 21.2 Å². The van der Waals surface area contributed by atoms with Crippen molar-refractivity contribution in [2.45, 2.75) is 32.7 Å². The van der Waals surface area contributed by atoms with E-state index in [4.69, 9.17) is 4.74 Å². The molecule has 0 radical (unpaired) electrons. The van der Waals surface area contributed by atoms with Gasteiger partial charge >= 0.3 is 0 Å². The van der Waals surface area contributed by atoms with Crippen molar-refractivity contribution in [3.05, 3.63) is 28.2 Å². The van der Waals surface area contributed by atoms with Crippen LogP contribution in [0.5, 0.6) is 5.75 Å². The van der Waals surface area contributed by atoms with Crippen molar-refractivity contribution in [3.8, 4) is 5.75 Å². The van der Waals surface area contributed by atoms with E-state index >= 15 is 0 Å². The third kappa shape index (κ3) is 3.82. The number of carbonyl (C=O) groups is 1. The van der Waals surface area contributed by atoms with Crippen LogP contribution in [0, 0.1) is 0 Å². The normalized spacial score (nSPS) is 11.4. The molecule has 0 aliphatic heterocycles. The molecular weight excluding hydrogens is 294 g/mol. The molecule has 0 heterocycles. The molecule has 0 aliphatic carbocycles. The van der Waals surface area contributed by atoms with Gasteiger partial charge in [-0.05, 0) is 54.0 Å². The molecule has 0 aromatic heterocycles. The first kappa shape index (κ1) is 15.2. The zero-order valence-corrected chi connectivity index (χ0v) is 12.9. The summed E-state index contributed by atoms with van der Waals surface area (Å²) in [4.78, 5) is 12.2. The topological polar surface area (TPSA) is 38.3 Å². The van der Waals surface area contributed by atoms with Gasteiger partial charge < -0.3 is 10.1 Å².